The second kappa shape index (κ2) is 6.06. The SMILES string of the molecule is O=C(NO)c1ccc2c(c1)CCN(C1(C34CC5CC(CC(C5)C3)C4)CCC1)C2. The Morgan fingerprint density at radius 2 is 1.71 bits per heavy atom. The molecule has 0 unspecified atom stereocenters. The lowest BCUT2D eigenvalue weighted by Gasteiger charge is -2.69. The minimum Gasteiger partial charge on any atom is -0.293 e. The number of hydroxylamine groups is 1. The molecule has 150 valence electrons. The van der Waals surface area contributed by atoms with E-state index >= 15 is 0 Å². The summed E-state index contributed by atoms with van der Waals surface area (Å²) in [7, 11) is 0. The third-order valence-corrected chi connectivity index (χ3v) is 9.39. The number of nitrogens with one attached hydrogen (secondary N) is 1. The molecule has 5 fully saturated rings. The zero-order valence-corrected chi connectivity index (χ0v) is 16.8. The van der Waals surface area contributed by atoms with Crippen LogP contribution in [0, 0.1) is 23.2 Å². The number of nitrogens with zero attached hydrogens (tertiary/aromatic N) is 1. The van der Waals surface area contributed by atoms with Crippen LogP contribution >= 0.6 is 0 Å². The largest absolute Gasteiger partial charge is 0.293 e. The fourth-order valence-electron chi connectivity index (χ4n) is 8.50. The van der Waals surface area contributed by atoms with Crippen LogP contribution in [-0.2, 0) is 13.0 Å². The molecule has 0 atom stereocenters. The molecule has 6 aliphatic rings. The highest BCUT2D eigenvalue weighted by atomic mass is 16.5. The molecule has 1 aliphatic heterocycles. The van der Waals surface area contributed by atoms with Gasteiger partial charge in [-0.2, -0.15) is 0 Å². The summed E-state index contributed by atoms with van der Waals surface area (Å²) in [6.07, 6.45) is 14.3. The molecule has 5 saturated carbocycles. The van der Waals surface area contributed by atoms with Crippen LogP contribution in [0.25, 0.3) is 0 Å². The molecule has 1 amide bonds. The number of hydrogen-bond acceptors (Lipinski definition) is 3. The van der Waals surface area contributed by atoms with Crippen molar-refractivity contribution in [1.82, 2.24) is 10.4 Å². The standard InChI is InChI=1S/C24H32N2O2/c27-22(25-28)20-2-3-21-15-26(7-4-19(21)11-20)24(5-1-6-24)23-12-16-8-17(13-23)10-18(9-16)14-23/h2-3,11,16-18,28H,1,4-10,12-15H2,(H,25,27). The van der Waals surface area contributed by atoms with Gasteiger partial charge in [0, 0.05) is 24.2 Å². The van der Waals surface area contributed by atoms with E-state index in [1.54, 1.807) is 5.48 Å². The van der Waals surface area contributed by atoms with E-state index < -0.39 is 5.91 Å². The molecule has 4 nitrogen and oxygen atoms in total. The molecule has 4 heteroatoms. The molecule has 0 saturated heterocycles. The van der Waals surface area contributed by atoms with Crippen molar-refractivity contribution in [2.24, 2.45) is 23.2 Å². The van der Waals surface area contributed by atoms with Crippen LogP contribution in [0.2, 0.25) is 0 Å². The monoisotopic (exact) mass is 380 g/mol. The lowest BCUT2D eigenvalue weighted by Crippen LogP contribution is -2.68. The van der Waals surface area contributed by atoms with Gasteiger partial charge in [0.25, 0.3) is 5.91 Å². The van der Waals surface area contributed by atoms with Gasteiger partial charge in [0.1, 0.15) is 0 Å². The van der Waals surface area contributed by atoms with Crippen molar-refractivity contribution >= 4 is 5.91 Å². The van der Waals surface area contributed by atoms with Gasteiger partial charge in [0.15, 0.2) is 0 Å². The molecule has 1 aromatic rings. The summed E-state index contributed by atoms with van der Waals surface area (Å²) < 4.78 is 0. The lowest BCUT2D eigenvalue weighted by atomic mass is 9.41. The maximum Gasteiger partial charge on any atom is 0.274 e. The fourth-order valence-corrected chi connectivity index (χ4v) is 8.50. The highest BCUT2D eigenvalue weighted by Gasteiger charge is 2.63. The van der Waals surface area contributed by atoms with Crippen LogP contribution in [0.1, 0.15) is 79.3 Å². The third-order valence-electron chi connectivity index (χ3n) is 9.39. The molecule has 1 aromatic carbocycles. The van der Waals surface area contributed by atoms with Crippen LogP contribution in [0.3, 0.4) is 0 Å². The molecule has 1 heterocycles. The molecule has 7 rings (SSSR count). The summed E-state index contributed by atoms with van der Waals surface area (Å²) in [5, 5.41) is 8.92. The van der Waals surface area contributed by atoms with Crippen molar-refractivity contribution in [3.63, 3.8) is 0 Å². The number of benzene rings is 1. The van der Waals surface area contributed by atoms with E-state index in [1.807, 2.05) is 12.1 Å². The molecule has 28 heavy (non-hydrogen) atoms. The Balaban J connectivity index is 1.30. The van der Waals surface area contributed by atoms with E-state index in [-0.39, 0.29) is 0 Å². The highest BCUT2D eigenvalue weighted by Crippen LogP contribution is 2.68. The molecular formula is C24H32N2O2. The van der Waals surface area contributed by atoms with Crippen molar-refractivity contribution in [3.8, 4) is 0 Å². The Kier molecular flexibility index (Phi) is 3.78. The summed E-state index contributed by atoms with van der Waals surface area (Å²) in [4.78, 5) is 14.6. The maximum absolute atomic E-state index is 11.8. The number of carbonyl (C=O) groups excluding carboxylic acids is 1. The third kappa shape index (κ3) is 2.34. The van der Waals surface area contributed by atoms with Crippen molar-refractivity contribution in [2.45, 2.75) is 76.3 Å². The first-order valence-electron chi connectivity index (χ1n) is 11.4. The van der Waals surface area contributed by atoms with Crippen molar-refractivity contribution in [2.75, 3.05) is 6.54 Å². The molecular weight excluding hydrogens is 348 g/mol. The number of rotatable bonds is 3. The van der Waals surface area contributed by atoms with Gasteiger partial charge in [-0.1, -0.05) is 6.07 Å². The summed E-state index contributed by atoms with van der Waals surface area (Å²) in [6, 6.07) is 5.97. The Bertz CT molecular complexity index is 778. The van der Waals surface area contributed by atoms with Crippen molar-refractivity contribution in [1.29, 1.82) is 0 Å². The van der Waals surface area contributed by atoms with Gasteiger partial charge in [0.05, 0.1) is 0 Å². The topological polar surface area (TPSA) is 52.6 Å². The van der Waals surface area contributed by atoms with Crippen LogP contribution in [-0.4, -0.2) is 28.1 Å². The molecule has 0 aromatic heterocycles. The molecule has 2 N–H and O–H groups in total. The molecule has 5 aliphatic carbocycles. The highest BCUT2D eigenvalue weighted by molar-refractivity contribution is 5.93. The zero-order chi connectivity index (χ0) is 18.9. The van der Waals surface area contributed by atoms with Gasteiger partial charge >= 0.3 is 0 Å². The van der Waals surface area contributed by atoms with Gasteiger partial charge in [-0.15, -0.1) is 0 Å². The van der Waals surface area contributed by atoms with Crippen LogP contribution in [0.15, 0.2) is 18.2 Å². The van der Waals surface area contributed by atoms with Gasteiger partial charge in [-0.3, -0.25) is 14.9 Å². The Morgan fingerprint density at radius 1 is 1.04 bits per heavy atom. The Labute approximate surface area is 167 Å². The fraction of sp³-hybridized carbons (Fsp3) is 0.708. The summed E-state index contributed by atoms with van der Waals surface area (Å²) >= 11 is 0. The number of fused-ring (bicyclic) bond motifs is 1. The van der Waals surface area contributed by atoms with E-state index in [4.69, 9.17) is 5.21 Å². The van der Waals surface area contributed by atoms with Gasteiger partial charge < -0.3 is 0 Å². The second-order valence-electron chi connectivity index (χ2n) is 10.7. The van der Waals surface area contributed by atoms with E-state index in [0.29, 0.717) is 16.5 Å². The average Bonchev–Trinajstić information content (AvgIpc) is 2.64. The van der Waals surface area contributed by atoms with Crippen molar-refractivity contribution < 1.29 is 10.0 Å². The summed E-state index contributed by atoms with van der Waals surface area (Å²) in [5.74, 6) is 2.63. The Morgan fingerprint density at radius 3 is 2.29 bits per heavy atom. The molecule has 0 radical (unpaired) electrons. The van der Waals surface area contributed by atoms with E-state index in [9.17, 15) is 4.79 Å². The first-order valence-corrected chi connectivity index (χ1v) is 11.4. The molecule has 0 spiro atoms. The van der Waals surface area contributed by atoms with Crippen molar-refractivity contribution in [3.05, 3.63) is 34.9 Å². The second-order valence-corrected chi connectivity index (χ2v) is 10.7. The lowest BCUT2D eigenvalue weighted by molar-refractivity contribution is -0.183. The predicted octanol–water partition coefficient (Wildman–Crippen LogP) is 4.30. The minimum atomic E-state index is -0.408. The van der Waals surface area contributed by atoms with Gasteiger partial charge in [-0.05, 0) is 111 Å². The van der Waals surface area contributed by atoms with Crippen LogP contribution in [0.4, 0.5) is 0 Å². The predicted molar refractivity (Wildman–Crippen MR) is 107 cm³/mol. The minimum absolute atomic E-state index is 0.408. The number of carbonyl (C=O) groups is 1. The van der Waals surface area contributed by atoms with Gasteiger partial charge in [-0.25, -0.2) is 5.48 Å². The first kappa shape index (κ1) is 17.5. The number of amides is 1. The summed E-state index contributed by atoms with van der Waals surface area (Å²) in [6.45, 7) is 2.16. The maximum atomic E-state index is 11.8. The average molecular weight is 381 g/mol. The van der Waals surface area contributed by atoms with E-state index in [2.05, 4.69) is 11.0 Å². The van der Waals surface area contributed by atoms with Crippen LogP contribution in [0.5, 0.6) is 0 Å². The first-order chi connectivity index (χ1) is 13.6. The zero-order valence-electron chi connectivity index (χ0n) is 16.8. The Hall–Kier alpha value is -1.39. The smallest absolute Gasteiger partial charge is 0.274 e. The quantitative estimate of drug-likeness (QED) is 0.607. The van der Waals surface area contributed by atoms with E-state index in [1.165, 1.54) is 68.9 Å². The summed E-state index contributed by atoms with van der Waals surface area (Å²) in [5.41, 5.74) is 6.04. The van der Waals surface area contributed by atoms with Gasteiger partial charge in [0.2, 0.25) is 0 Å². The molecule has 4 bridgehead atoms. The number of hydrogen-bond donors (Lipinski definition) is 2. The van der Waals surface area contributed by atoms with Crippen LogP contribution < -0.4 is 5.48 Å². The van der Waals surface area contributed by atoms with E-state index in [0.717, 1.165) is 37.3 Å². The normalized spacial score (nSPS) is 38.0.